The third-order valence-corrected chi connectivity index (χ3v) is 6.16. The van der Waals surface area contributed by atoms with Gasteiger partial charge in [-0.1, -0.05) is 32.0 Å². The summed E-state index contributed by atoms with van der Waals surface area (Å²) in [7, 11) is 0. The van der Waals surface area contributed by atoms with Crippen LogP contribution in [0.4, 0.5) is 5.69 Å². The number of nitrogens with one attached hydrogen (secondary N) is 1. The van der Waals surface area contributed by atoms with Crippen LogP contribution in [0.1, 0.15) is 48.2 Å². The second kappa shape index (κ2) is 8.48. The maximum absolute atomic E-state index is 13.1. The van der Waals surface area contributed by atoms with Gasteiger partial charge in [0.25, 0.3) is 17.4 Å². The fourth-order valence-electron chi connectivity index (χ4n) is 4.37. The first-order chi connectivity index (χ1) is 16.3. The number of fused-ring (bicyclic) bond motifs is 2. The van der Waals surface area contributed by atoms with Crippen LogP contribution < -0.4 is 15.8 Å². The Morgan fingerprint density at radius 1 is 1.26 bits per heavy atom. The Balaban J connectivity index is 1.54. The summed E-state index contributed by atoms with van der Waals surface area (Å²) in [5.74, 6) is -1.04. The van der Waals surface area contributed by atoms with Crippen LogP contribution in [0.5, 0.6) is 5.88 Å². The number of para-hydroxylation sites is 1. The summed E-state index contributed by atoms with van der Waals surface area (Å²) in [6.45, 7) is 4.91. The van der Waals surface area contributed by atoms with Crippen LogP contribution in [0.2, 0.25) is 0 Å². The van der Waals surface area contributed by atoms with Crippen molar-refractivity contribution in [1.29, 1.82) is 0 Å². The number of carbonyl (C=O) groups is 2. The lowest BCUT2D eigenvalue weighted by molar-refractivity contribution is -0.114. The zero-order chi connectivity index (χ0) is 24.0. The average molecular weight is 462 g/mol. The monoisotopic (exact) mass is 461 g/mol. The molecule has 2 amide bonds. The normalized spacial score (nSPS) is 15.4. The molecule has 5 rings (SSSR count). The molecule has 9 nitrogen and oxygen atoms in total. The highest BCUT2D eigenvalue weighted by Gasteiger charge is 2.30. The number of anilines is 1. The zero-order valence-corrected chi connectivity index (χ0v) is 19.2. The van der Waals surface area contributed by atoms with Crippen molar-refractivity contribution in [3.05, 3.63) is 63.6 Å². The maximum atomic E-state index is 13.1. The third kappa shape index (κ3) is 3.87. The number of aromatic nitrogens is 3. The van der Waals surface area contributed by atoms with E-state index in [0.29, 0.717) is 24.3 Å². The van der Waals surface area contributed by atoms with Crippen molar-refractivity contribution in [3.8, 4) is 5.88 Å². The van der Waals surface area contributed by atoms with Crippen molar-refractivity contribution in [2.75, 3.05) is 11.4 Å². The van der Waals surface area contributed by atoms with E-state index in [9.17, 15) is 19.5 Å². The van der Waals surface area contributed by atoms with Gasteiger partial charge in [0, 0.05) is 36.5 Å². The molecule has 2 aliphatic rings. The van der Waals surface area contributed by atoms with Gasteiger partial charge < -0.3 is 15.3 Å². The molecule has 3 aromatic rings. The van der Waals surface area contributed by atoms with Gasteiger partial charge in [-0.15, -0.1) is 0 Å². The molecule has 1 saturated carbocycles. The van der Waals surface area contributed by atoms with E-state index >= 15 is 0 Å². The number of hydrogen-bond donors (Lipinski definition) is 2. The van der Waals surface area contributed by atoms with E-state index in [4.69, 9.17) is 0 Å². The van der Waals surface area contributed by atoms with Gasteiger partial charge in [0.05, 0.1) is 6.20 Å². The van der Waals surface area contributed by atoms with E-state index in [-0.39, 0.29) is 29.3 Å². The molecule has 1 fully saturated rings. The summed E-state index contributed by atoms with van der Waals surface area (Å²) in [5.41, 5.74) is 1.87. The van der Waals surface area contributed by atoms with Gasteiger partial charge in [0.2, 0.25) is 5.88 Å². The van der Waals surface area contributed by atoms with Crippen LogP contribution >= 0.6 is 0 Å². The van der Waals surface area contributed by atoms with E-state index in [1.807, 2.05) is 38.1 Å². The van der Waals surface area contributed by atoms with Gasteiger partial charge in [-0.3, -0.25) is 19.0 Å². The average Bonchev–Trinajstić information content (AvgIpc) is 3.34. The highest BCUT2D eigenvalue weighted by atomic mass is 16.3. The van der Waals surface area contributed by atoms with Crippen molar-refractivity contribution in [3.63, 3.8) is 0 Å². The number of carbonyl (C=O) groups excluding carboxylic acids is 2. The molecule has 1 aromatic carbocycles. The number of aromatic hydroxyl groups is 1. The van der Waals surface area contributed by atoms with Gasteiger partial charge >= 0.3 is 0 Å². The Hall–Kier alpha value is -3.88. The van der Waals surface area contributed by atoms with E-state index in [2.05, 4.69) is 10.4 Å². The molecule has 2 aromatic heterocycles. The zero-order valence-electron chi connectivity index (χ0n) is 19.2. The number of benzene rings is 1. The highest BCUT2D eigenvalue weighted by Crippen LogP contribution is 2.28. The minimum Gasteiger partial charge on any atom is -0.494 e. The topological polar surface area (TPSA) is 109 Å². The van der Waals surface area contributed by atoms with Crippen molar-refractivity contribution >= 4 is 29.2 Å². The summed E-state index contributed by atoms with van der Waals surface area (Å²) in [6.07, 6.45) is 7.05. The van der Waals surface area contributed by atoms with Crippen molar-refractivity contribution in [2.45, 2.75) is 45.7 Å². The Kier molecular flexibility index (Phi) is 5.47. The number of rotatable bonds is 6. The Morgan fingerprint density at radius 3 is 2.76 bits per heavy atom. The second-order valence-electron chi connectivity index (χ2n) is 9.29. The van der Waals surface area contributed by atoms with E-state index in [1.54, 1.807) is 11.0 Å². The van der Waals surface area contributed by atoms with Gasteiger partial charge in [-0.25, -0.2) is 0 Å². The van der Waals surface area contributed by atoms with Crippen LogP contribution in [-0.2, 0) is 17.8 Å². The van der Waals surface area contributed by atoms with Gasteiger partial charge in [0.1, 0.15) is 5.65 Å². The van der Waals surface area contributed by atoms with Gasteiger partial charge in [0.15, 0.2) is 5.56 Å². The molecule has 34 heavy (non-hydrogen) atoms. The molecule has 0 saturated heterocycles. The van der Waals surface area contributed by atoms with E-state index < -0.39 is 11.5 Å². The molecule has 0 atom stereocenters. The SMILES string of the molecule is CC(C)Cn1c(O)c(C(=O)NC2CC2)c(=O)n2ncc(C=CC(=O)N3CCc4ccccc43)c12. The van der Waals surface area contributed by atoms with Crippen LogP contribution in [0.3, 0.4) is 0 Å². The smallest absolute Gasteiger partial charge is 0.291 e. The van der Waals surface area contributed by atoms with Gasteiger partial charge in [-0.2, -0.15) is 9.61 Å². The number of hydrogen-bond acceptors (Lipinski definition) is 5. The molecule has 176 valence electrons. The molecule has 0 unspecified atom stereocenters. The van der Waals surface area contributed by atoms with Crippen molar-refractivity contribution < 1.29 is 14.7 Å². The third-order valence-electron chi connectivity index (χ3n) is 6.16. The minimum atomic E-state index is -0.690. The molecule has 2 N–H and O–H groups in total. The second-order valence-corrected chi connectivity index (χ2v) is 9.29. The Labute approximate surface area is 196 Å². The molecule has 0 radical (unpaired) electrons. The highest BCUT2D eigenvalue weighted by molar-refractivity contribution is 6.05. The maximum Gasteiger partial charge on any atom is 0.291 e. The predicted molar refractivity (Wildman–Crippen MR) is 128 cm³/mol. The quantitative estimate of drug-likeness (QED) is 0.548. The first kappa shape index (κ1) is 21.9. The molecule has 0 bridgehead atoms. The number of nitrogens with zero attached hydrogens (tertiary/aromatic N) is 4. The lowest BCUT2D eigenvalue weighted by Gasteiger charge is -2.17. The first-order valence-electron chi connectivity index (χ1n) is 11.6. The Morgan fingerprint density at radius 2 is 2.03 bits per heavy atom. The molecule has 0 spiro atoms. The summed E-state index contributed by atoms with van der Waals surface area (Å²) in [4.78, 5) is 40.4. The molecule has 9 heteroatoms. The van der Waals surface area contributed by atoms with Crippen LogP contribution in [-0.4, -0.2) is 43.7 Å². The lowest BCUT2D eigenvalue weighted by Crippen LogP contribution is -2.34. The molecule has 3 heterocycles. The van der Waals surface area contributed by atoms with Crippen molar-refractivity contribution in [1.82, 2.24) is 19.5 Å². The fraction of sp³-hybridized carbons (Fsp3) is 0.360. The molecule has 1 aliphatic carbocycles. The fourth-order valence-corrected chi connectivity index (χ4v) is 4.37. The molecule has 1 aliphatic heterocycles. The summed E-state index contributed by atoms with van der Waals surface area (Å²) >= 11 is 0. The predicted octanol–water partition coefficient (Wildman–Crippen LogP) is 2.35. The van der Waals surface area contributed by atoms with E-state index in [1.165, 1.54) is 16.8 Å². The van der Waals surface area contributed by atoms with Crippen molar-refractivity contribution in [2.24, 2.45) is 5.92 Å². The first-order valence-corrected chi connectivity index (χ1v) is 11.6. The lowest BCUT2D eigenvalue weighted by atomic mass is 10.2. The van der Waals surface area contributed by atoms with Crippen LogP contribution in [0.15, 0.2) is 41.3 Å². The molecular formula is C25H27N5O4. The summed E-state index contributed by atoms with van der Waals surface area (Å²) < 4.78 is 2.65. The van der Waals surface area contributed by atoms with Crippen LogP contribution in [0.25, 0.3) is 11.7 Å². The van der Waals surface area contributed by atoms with Crippen LogP contribution in [0, 0.1) is 5.92 Å². The molecular weight excluding hydrogens is 434 g/mol. The standard InChI is InChI=1S/C25H27N5O4/c1-15(2)14-29-23-17(7-10-20(31)28-12-11-16-5-3-4-6-19(16)28)13-26-30(23)25(34)21(24(29)33)22(32)27-18-8-9-18/h3-7,10,13,15,18,33H,8-9,11-12,14H2,1-2H3,(H,27,32). The summed E-state index contributed by atoms with van der Waals surface area (Å²) in [6, 6.07) is 7.85. The van der Waals surface area contributed by atoms with E-state index in [0.717, 1.165) is 35.0 Å². The Bertz CT molecular complexity index is 1380. The largest absolute Gasteiger partial charge is 0.494 e. The van der Waals surface area contributed by atoms with Gasteiger partial charge in [-0.05, 0) is 42.9 Å². The number of amides is 2. The minimum absolute atomic E-state index is 0.0402. The summed E-state index contributed by atoms with van der Waals surface area (Å²) in [5, 5.41) is 17.9.